The van der Waals surface area contributed by atoms with Crippen molar-refractivity contribution >= 4 is 32.6 Å². The van der Waals surface area contributed by atoms with Crippen LogP contribution in [0.2, 0.25) is 0 Å². The van der Waals surface area contributed by atoms with Crippen molar-refractivity contribution in [1.29, 1.82) is 0 Å². The standard InChI is InChI=1S/C20H20FN5O5S/c1-11(2)26-20(29)14-7-5-4-6-13(14)17(25-26)19(28)24-23-18(27)15-10-12(8-9-16(15)21)32(30,31)22-3/h4-11,22H,1-3H3,(H,23,27)(H,24,28). The topological polar surface area (TPSA) is 139 Å². The molecule has 168 valence electrons. The second kappa shape index (κ2) is 8.85. The molecule has 32 heavy (non-hydrogen) atoms. The van der Waals surface area contributed by atoms with Crippen LogP contribution in [-0.2, 0) is 10.0 Å². The first-order chi connectivity index (χ1) is 15.1. The molecule has 0 radical (unpaired) electrons. The Bertz CT molecular complexity index is 1380. The van der Waals surface area contributed by atoms with Gasteiger partial charge in [-0.05, 0) is 45.2 Å². The van der Waals surface area contributed by atoms with Crippen LogP contribution in [-0.4, -0.2) is 37.1 Å². The number of hydrogen-bond acceptors (Lipinski definition) is 6. The summed E-state index contributed by atoms with van der Waals surface area (Å²) < 4.78 is 41.1. The highest BCUT2D eigenvalue weighted by Crippen LogP contribution is 2.16. The predicted molar refractivity (Wildman–Crippen MR) is 114 cm³/mol. The van der Waals surface area contributed by atoms with Crippen molar-refractivity contribution in [3.8, 4) is 0 Å². The Balaban J connectivity index is 1.91. The van der Waals surface area contributed by atoms with Gasteiger partial charge in [-0.2, -0.15) is 5.10 Å². The average Bonchev–Trinajstić information content (AvgIpc) is 2.77. The first kappa shape index (κ1) is 23.0. The predicted octanol–water partition coefficient (Wildman–Crippen LogP) is 1.10. The van der Waals surface area contributed by atoms with Gasteiger partial charge in [0.15, 0.2) is 5.69 Å². The van der Waals surface area contributed by atoms with E-state index in [1.165, 1.54) is 13.1 Å². The third-order valence-corrected chi connectivity index (χ3v) is 6.00. The van der Waals surface area contributed by atoms with E-state index in [0.717, 1.165) is 22.9 Å². The molecule has 0 bridgehead atoms. The highest BCUT2D eigenvalue weighted by molar-refractivity contribution is 7.89. The van der Waals surface area contributed by atoms with Gasteiger partial charge in [0.2, 0.25) is 10.0 Å². The van der Waals surface area contributed by atoms with Crippen LogP contribution in [0, 0.1) is 5.82 Å². The molecule has 3 aromatic rings. The van der Waals surface area contributed by atoms with Gasteiger partial charge in [-0.25, -0.2) is 22.2 Å². The van der Waals surface area contributed by atoms with Crippen molar-refractivity contribution in [2.24, 2.45) is 0 Å². The molecule has 10 nitrogen and oxygen atoms in total. The summed E-state index contributed by atoms with van der Waals surface area (Å²) >= 11 is 0. The summed E-state index contributed by atoms with van der Waals surface area (Å²) in [7, 11) is -2.74. The van der Waals surface area contributed by atoms with E-state index in [9.17, 15) is 27.2 Å². The number of fused-ring (bicyclic) bond motifs is 1. The number of amides is 2. The molecule has 2 amide bonds. The molecule has 0 aliphatic heterocycles. The zero-order valence-corrected chi connectivity index (χ0v) is 18.2. The maximum atomic E-state index is 14.1. The number of nitrogens with one attached hydrogen (secondary N) is 3. The van der Waals surface area contributed by atoms with E-state index in [2.05, 4.69) is 15.2 Å². The molecule has 1 aromatic heterocycles. The lowest BCUT2D eigenvalue weighted by molar-refractivity contribution is 0.0841. The van der Waals surface area contributed by atoms with Crippen LogP contribution >= 0.6 is 0 Å². The fourth-order valence-corrected chi connectivity index (χ4v) is 3.68. The summed E-state index contributed by atoms with van der Waals surface area (Å²) in [6.45, 7) is 3.45. The molecule has 2 aromatic carbocycles. The van der Waals surface area contributed by atoms with Crippen LogP contribution in [0.15, 0.2) is 52.2 Å². The van der Waals surface area contributed by atoms with Crippen molar-refractivity contribution in [2.75, 3.05) is 7.05 Å². The highest BCUT2D eigenvalue weighted by atomic mass is 32.2. The summed E-state index contributed by atoms with van der Waals surface area (Å²) in [6.07, 6.45) is 0. The Morgan fingerprint density at radius 1 is 1.03 bits per heavy atom. The Labute approximate surface area is 182 Å². The number of aromatic nitrogens is 2. The summed E-state index contributed by atoms with van der Waals surface area (Å²) in [5, 5.41) is 4.64. The fraction of sp³-hybridized carbons (Fsp3) is 0.200. The largest absolute Gasteiger partial charge is 0.290 e. The van der Waals surface area contributed by atoms with Crippen LogP contribution < -0.4 is 21.1 Å². The molecule has 0 saturated heterocycles. The number of hydrogen-bond donors (Lipinski definition) is 3. The third kappa shape index (κ3) is 4.36. The van der Waals surface area contributed by atoms with Gasteiger partial charge in [0.1, 0.15) is 5.82 Å². The number of rotatable bonds is 5. The minimum atomic E-state index is -3.91. The summed E-state index contributed by atoms with van der Waals surface area (Å²) in [5.41, 5.74) is 3.08. The molecule has 3 rings (SSSR count). The number of nitrogens with zero attached hydrogens (tertiary/aromatic N) is 2. The summed E-state index contributed by atoms with van der Waals surface area (Å²) in [4.78, 5) is 37.4. The Kier molecular flexibility index (Phi) is 6.37. The third-order valence-electron chi connectivity index (χ3n) is 4.58. The number of sulfonamides is 1. The maximum Gasteiger partial charge on any atom is 0.290 e. The number of carbonyl (C=O) groups excluding carboxylic acids is 2. The second-order valence-corrected chi connectivity index (χ2v) is 8.88. The lowest BCUT2D eigenvalue weighted by atomic mass is 10.1. The molecule has 0 aliphatic carbocycles. The van der Waals surface area contributed by atoms with Gasteiger partial charge in [-0.1, -0.05) is 18.2 Å². The number of benzene rings is 2. The zero-order valence-electron chi connectivity index (χ0n) is 17.3. The number of hydrazine groups is 1. The van der Waals surface area contributed by atoms with Gasteiger partial charge in [0.05, 0.1) is 21.9 Å². The highest BCUT2D eigenvalue weighted by Gasteiger charge is 2.21. The first-order valence-electron chi connectivity index (χ1n) is 9.42. The number of carbonyl (C=O) groups is 2. The lowest BCUT2D eigenvalue weighted by Crippen LogP contribution is -2.43. The number of halogens is 1. The molecule has 0 fully saturated rings. The molecule has 3 N–H and O–H groups in total. The van der Waals surface area contributed by atoms with Crippen LogP contribution in [0.4, 0.5) is 4.39 Å². The molecule has 0 unspecified atom stereocenters. The van der Waals surface area contributed by atoms with Gasteiger partial charge in [0.25, 0.3) is 17.4 Å². The first-order valence-corrected chi connectivity index (χ1v) is 10.9. The molecular weight excluding hydrogens is 441 g/mol. The van der Waals surface area contributed by atoms with E-state index in [0.29, 0.717) is 0 Å². The van der Waals surface area contributed by atoms with Crippen LogP contribution in [0.1, 0.15) is 40.7 Å². The summed E-state index contributed by atoms with van der Waals surface area (Å²) in [5.74, 6) is -2.91. The molecule has 1 heterocycles. The van der Waals surface area contributed by atoms with E-state index in [-0.39, 0.29) is 33.0 Å². The van der Waals surface area contributed by atoms with Crippen LogP contribution in [0.25, 0.3) is 10.8 Å². The quantitative estimate of drug-likeness (QED) is 0.486. The minimum absolute atomic E-state index is 0.124. The van der Waals surface area contributed by atoms with Gasteiger partial charge in [-0.15, -0.1) is 0 Å². The second-order valence-electron chi connectivity index (χ2n) is 7.00. The zero-order chi connectivity index (χ0) is 23.6. The van der Waals surface area contributed by atoms with E-state index in [4.69, 9.17) is 0 Å². The van der Waals surface area contributed by atoms with E-state index < -0.39 is 33.2 Å². The van der Waals surface area contributed by atoms with E-state index in [1.807, 2.05) is 5.43 Å². The molecule has 0 aliphatic rings. The smallest absolute Gasteiger partial charge is 0.267 e. The van der Waals surface area contributed by atoms with Crippen LogP contribution in [0.3, 0.4) is 0 Å². The molecule has 0 spiro atoms. The Morgan fingerprint density at radius 2 is 1.66 bits per heavy atom. The van der Waals surface area contributed by atoms with Gasteiger partial charge < -0.3 is 0 Å². The van der Waals surface area contributed by atoms with Crippen LogP contribution in [0.5, 0.6) is 0 Å². The molecule has 0 saturated carbocycles. The van der Waals surface area contributed by atoms with Crippen molar-refractivity contribution in [3.05, 3.63) is 69.9 Å². The Morgan fingerprint density at radius 3 is 2.28 bits per heavy atom. The molecule has 12 heteroatoms. The average molecular weight is 461 g/mol. The fourth-order valence-electron chi connectivity index (χ4n) is 2.93. The van der Waals surface area contributed by atoms with Gasteiger partial charge in [-0.3, -0.25) is 25.2 Å². The minimum Gasteiger partial charge on any atom is -0.267 e. The van der Waals surface area contributed by atoms with E-state index in [1.54, 1.807) is 32.0 Å². The lowest BCUT2D eigenvalue weighted by Gasteiger charge is -2.14. The van der Waals surface area contributed by atoms with Crippen molar-refractivity contribution in [3.63, 3.8) is 0 Å². The summed E-state index contributed by atoms with van der Waals surface area (Å²) in [6, 6.07) is 8.70. The van der Waals surface area contributed by atoms with Gasteiger partial charge >= 0.3 is 0 Å². The molecular formula is C20H20FN5O5S. The maximum absolute atomic E-state index is 14.1. The normalized spacial score (nSPS) is 11.5. The SMILES string of the molecule is CNS(=O)(=O)c1ccc(F)c(C(=O)NNC(=O)c2nn(C(C)C)c(=O)c3ccccc23)c1. The van der Waals surface area contributed by atoms with Gasteiger partial charge in [0, 0.05) is 5.39 Å². The Hall–Kier alpha value is -3.64. The monoisotopic (exact) mass is 461 g/mol. The van der Waals surface area contributed by atoms with Crippen molar-refractivity contribution in [1.82, 2.24) is 25.4 Å². The van der Waals surface area contributed by atoms with Crippen molar-refractivity contribution in [2.45, 2.75) is 24.8 Å². The van der Waals surface area contributed by atoms with E-state index >= 15 is 0 Å². The van der Waals surface area contributed by atoms with Crippen molar-refractivity contribution < 1.29 is 22.4 Å². The molecule has 0 atom stereocenters.